The Bertz CT molecular complexity index is 1120. The maximum Gasteiger partial charge on any atom is 0.306 e. The highest BCUT2D eigenvalue weighted by Crippen LogP contribution is 2.15. The van der Waals surface area contributed by atoms with E-state index >= 15 is 0 Å². The number of esters is 3. The van der Waals surface area contributed by atoms with Gasteiger partial charge >= 0.3 is 17.9 Å². The number of hydrogen-bond donors (Lipinski definition) is 0. The minimum Gasteiger partial charge on any atom is -0.462 e. The zero-order chi connectivity index (χ0) is 46.5. The molecule has 1 atom stereocenters. The van der Waals surface area contributed by atoms with Gasteiger partial charge in [-0.05, 0) is 83.5 Å². The van der Waals surface area contributed by atoms with Crippen LogP contribution in [0.1, 0.15) is 284 Å². The first-order valence-electron chi connectivity index (χ1n) is 27.6. The zero-order valence-electron chi connectivity index (χ0n) is 42.6. The molecule has 0 aromatic rings. The van der Waals surface area contributed by atoms with Crippen molar-refractivity contribution in [1.82, 2.24) is 0 Å². The van der Waals surface area contributed by atoms with E-state index in [0.29, 0.717) is 19.3 Å². The highest BCUT2D eigenvalue weighted by atomic mass is 16.6. The minimum atomic E-state index is -0.778. The Morgan fingerprint density at radius 2 is 0.562 bits per heavy atom. The summed E-state index contributed by atoms with van der Waals surface area (Å²) < 4.78 is 16.8. The van der Waals surface area contributed by atoms with Crippen molar-refractivity contribution in [2.75, 3.05) is 13.2 Å². The van der Waals surface area contributed by atoms with Crippen LogP contribution in [-0.2, 0) is 28.6 Å². The van der Waals surface area contributed by atoms with Gasteiger partial charge in [-0.15, -0.1) is 0 Å². The van der Waals surface area contributed by atoms with Crippen LogP contribution >= 0.6 is 0 Å². The minimum absolute atomic E-state index is 0.0764. The number of hydrogen-bond acceptors (Lipinski definition) is 6. The fourth-order valence-corrected chi connectivity index (χ4v) is 7.86. The van der Waals surface area contributed by atoms with Crippen molar-refractivity contribution in [2.24, 2.45) is 0 Å². The third-order valence-corrected chi connectivity index (χ3v) is 12.1. The molecule has 0 heterocycles. The molecule has 0 aliphatic heterocycles. The van der Waals surface area contributed by atoms with E-state index in [1.165, 1.54) is 161 Å². The second-order valence-electron chi connectivity index (χ2n) is 18.5. The van der Waals surface area contributed by atoms with Gasteiger partial charge in [0.2, 0.25) is 0 Å². The predicted octanol–water partition coefficient (Wildman–Crippen LogP) is 18.3. The van der Waals surface area contributed by atoms with Gasteiger partial charge in [0, 0.05) is 19.3 Å². The molecular weight excluding hydrogens is 793 g/mol. The first-order chi connectivity index (χ1) is 31.5. The van der Waals surface area contributed by atoms with Crippen LogP contribution in [0.4, 0.5) is 0 Å². The molecule has 0 rings (SSSR count). The van der Waals surface area contributed by atoms with Crippen molar-refractivity contribution in [3.05, 3.63) is 48.6 Å². The standard InChI is InChI=1S/C58H104O6/c1-4-7-10-13-16-19-22-25-27-29-31-33-36-39-42-45-48-51-57(60)63-54-55(53-62-56(59)50-47-44-41-38-35-24-21-18-15-12-9-6-3)64-58(61)52-49-46-43-40-37-34-32-30-28-26-23-20-17-14-11-8-5-2/h16-17,19-20,25-28,55H,4-15,18,21-24,29-54H2,1-3H3/b19-16-,20-17-,27-25-,28-26-. The maximum absolute atomic E-state index is 12.8. The lowest BCUT2D eigenvalue weighted by atomic mass is 10.0. The molecule has 1 unspecified atom stereocenters. The average molecular weight is 897 g/mol. The molecule has 0 aliphatic carbocycles. The molecule has 0 fully saturated rings. The number of carbonyl (C=O) groups excluding carboxylic acids is 3. The third-order valence-electron chi connectivity index (χ3n) is 12.1. The fourth-order valence-electron chi connectivity index (χ4n) is 7.86. The van der Waals surface area contributed by atoms with Crippen molar-refractivity contribution in [3.8, 4) is 0 Å². The molecular formula is C58H104O6. The quantitative estimate of drug-likeness (QED) is 0.0262. The van der Waals surface area contributed by atoms with E-state index in [2.05, 4.69) is 69.4 Å². The highest BCUT2D eigenvalue weighted by molar-refractivity contribution is 5.71. The lowest BCUT2D eigenvalue weighted by Crippen LogP contribution is -2.30. The lowest BCUT2D eigenvalue weighted by molar-refractivity contribution is -0.167. The monoisotopic (exact) mass is 897 g/mol. The first-order valence-corrected chi connectivity index (χ1v) is 27.6. The summed E-state index contributed by atoms with van der Waals surface area (Å²) >= 11 is 0. The molecule has 0 N–H and O–H groups in total. The Kier molecular flexibility index (Phi) is 50.8. The van der Waals surface area contributed by atoms with Gasteiger partial charge in [0.05, 0.1) is 0 Å². The van der Waals surface area contributed by atoms with E-state index in [4.69, 9.17) is 14.2 Å². The molecule has 64 heavy (non-hydrogen) atoms. The van der Waals surface area contributed by atoms with E-state index in [0.717, 1.165) is 83.5 Å². The molecule has 0 aliphatic rings. The van der Waals surface area contributed by atoms with Crippen molar-refractivity contribution in [2.45, 2.75) is 290 Å². The molecule has 0 spiro atoms. The summed E-state index contributed by atoms with van der Waals surface area (Å²) in [5.41, 5.74) is 0. The summed E-state index contributed by atoms with van der Waals surface area (Å²) in [5, 5.41) is 0. The van der Waals surface area contributed by atoms with E-state index in [-0.39, 0.29) is 31.1 Å². The lowest BCUT2D eigenvalue weighted by Gasteiger charge is -2.18. The van der Waals surface area contributed by atoms with Gasteiger partial charge in [-0.2, -0.15) is 0 Å². The summed E-state index contributed by atoms with van der Waals surface area (Å²) in [6.45, 7) is 6.60. The summed E-state index contributed by atoms with van der Waals surface area (Å²) in [6.07, 6.45) is 63.7. The largest absolute Gasteiger partial charge is 0.462 e. The smallest absolute Gasteiger partial charge is 0.306 e. The SMILES string of the molecule is CCCCC/C=C\C/C=C\CCCCCCCCCC(=O)OCC(COC(=O)CCCCCCCCCCCCCC)OC(=O)CCCCCCCCC/C=C\C/C=C\CCCCC. The normalized spacial score (nSPS) is 12.4. The Morgan fingerprint density at radius 3 is 0.891 bits per heavy atom. The number of unbranched alkanes of at least 4 members (excludes halogenated alkanes) is 31. The van der Waals surface area contributed by atoms with Gasteiger partial charge in [0.1, 0.15) is 13.2 Å². The van der Waals surface area contributed by atoms with Crippen LogP contribution in [0.25, 0.3) is 0 Å². The first kappa shape index (κ1) is 61.4. The van der Waals surface area contributed by atoms with E-state index in [1.807, 2.05) is 0 Å². The number of ether oxygens (including phenoxy) is 3. The van der Waals surface area contributed by atoms with Gasteiger partial charge < -0.3 is 14.2 Å². The van der Waals surface area contributed by atoms with Crippen molar-refractivity contribution < 1.29 is 28.6 Å². The van der Waals surface area contributed by atoms with Crippen LogP contribution in [0.2, 0.25) is 0 Å². The molecule has 0 amide bonds. The van der Waals surface area contributed by atoms with Crippen LogP contribution in [0.15, 0.2) is 48.6 Å². The zero-order valence-corrected chi connectivity index (χ0v) is 42.6. The van der Waals surface area contributed by atoms with Crippen molar-refractivity contribution >= 4 is 17.9 Å². The summed E-state index contributed by atoms with van der Waals surface area (Å²) in [5.74, 6) is -0.882. The van der Waals surface area contributed by atoms with Gasteiger partial charge in [0.15, 0.2) is 6.10 Å². The van der Waals surface area contributed by atoms with Gasteiger partial charge in [-0.1, -0.05) is 230 Å². The topological polar surface area (TPSA) is 78.9 Å². The molecule has 372 valence electrons. The Morgan fingerprint density at radius 1 is 0.312 bits per heavy atom. The Labute approximate surface area is 397 Å². The van der Waals surface area contributed by atoms with Crippen molar-refractivity contribution in [3.63, 3.8) is 0 Å². The van der Waals surface area contributed by atoms with Crippen LogP contribution in [-0.4, -0.2) is 37.2 Å². The van der Waals surface area contributed by atoms with Crippen LogP contribution in [0.3, 0.4) is 0 Å². The molecule has 6 nitrogen and oxygen atoms in total. The van der Waals surface area contributed by atoms with Gasteiger partial charge in [-0.3, -0.25) is 14.4 Å². The van der Waals surface area contributed by atoms with Gasteiger partial charge in [-0.25, -0.2) is 0 Å². The van der Waals surface area contributed by atoms with Crippen LogP contribution in [0.5, 0.6) is 0 Å². The molecule has 0 aromatic carbocycles. The molecule has 0 radical (unpaired) electrons. The molecule has 6 heteroatoms. The average Bonchev–Trinajstić information content (AvgIpc) is 3.29. The Balaban J connectivity index is 4.37. The number of carbonyl (C=O) groups is 3. The second kappa shape index (κ2) is 53.0. The van der Waals surface area contributed by atoms with E-state index in [1.54, 1.807) is 0 Å². The summed E-state index contributed by atoms with van der Waals surface area (Å²) in [6, 6.07) is 0. The summed E-state index contributed by atoms with van der Waals surface area (Å²) in [4.78, 5) is 38.1. The molecule has 0 saturated carbocycles. The van der Waals surface area contributed by atoms with E-state index < -0.39 is 6.10 Å². The molecule has 0 aromatic heterocycles. The summed E-state index contributed by atoms with van der Waals surface area (Å²) in [7, 11) is 0. The predicted molar refractivity (Wildman–Crippen MR) is 275 cm³/mol. The second-order valence-corrected chi connectivity index (χ2v) is 18.5. The molecule has 0 bridgehead atoms. The third kappa shape index (κ3) is 50.4. The van der Waals surface area contributed by atoms with Crippen LogP contribution < -0.4 is 0 Å². The maximum atomic E-state index is 12.8. The highest BCUT2D eigenvalue weighted by Gasteiger charge is 2.19. The fraction of sp³-hybridized carbons (Fsp3) is 0.810. The van der Waals surface area contributed by atoms with E-state index in [9.17, 15) is 14.4 Å². The van der Waals surface area contributed by atoms with Crippen molar-refractivity contribution in [1.29, 1.82) is 0 Å². The number of allylic oxidation sites excluding steroid dienone is 8. The van der Waals surface area contributed by atoms with Gasteiger partial charge in [0.25, 0.3) is 0 Å². The van der Waals surface area contributed by atoms with Crippen LogP contribution in [0, 0.1) is 0 Å². The Hall–Kier alpha value is -2.63. The number of rotatable bonds is 50. The molecule has 0 saturated heterocycles.